The molecule has 0 saturated heterocycles. The topological polar surface area (TPSA) is 72.5 Å². The number of hydrogen-bond donors (Lipinski definition) is 0. The minimum atomic E-state index is -0.648. The van der Waals surface area contributed by atoms with Crippen molar-refractivity contribution in [3.63, 3.8) is 0 Å². The summed E-state index contributed by atoms with van der Waals surface area (Å²) in [6, 6.07) is 0. The molecule has 4 atom stereocenters. The van der Waals surface area contributed by atoms with Gasteiger partial charge in [0.2, 0.25) is 6.29 Å². The summed E-state index contributed by atoms with van der Waals surface area (Å²) in [7, 11) is 1.64. The number of carbonyl (C=O) groups is 1. The van der Waals surface area contributed by atoms with Crippen molar-refractivity contribution in [1.29, 1.82) is 0 Å². The molecule has 0 bridgehead atoms. The minimum absolute atomic E-state index is 0.00481. The molecule has 0 aliphatic heterocycles. The zero-order valence-electron chi connectivity index (χ0n) is 16.9. The average molecular weight is 389 g/mol. The average Bonchev–Trinajstić information content (AvgIpc) is 2.67. The lowest BCUT2D eigenvalue weighted by Gasteiger charge is -2.40. The first kappa shape index (κ1) is 22.4. The highest BCUT2D eigenvalue weighted by Crippen LogP contribution is 2.41. The molecule has 4 unspecified atom stereocenters. The highest BCUT2D eigenvalue weighted by molar-refractivity contribution is 5.60. The smallest absolute Gasteiger partial charge is 0.431 e. The van der Waals surface area contributed by atoms with Crippen LogP contribution in [0.5, 0.6) is 0 Å². The SMILES string of the molecule is COCCOCCOCCOC(C)OC(=O)OC1CCCC2CCCCC21. The second-order valence-electron chi connectivity index (χ2n) is 7.32. The van der Waals surface area contributed by atoms with Crippen molar-refractivity contribution in [2.75, 3.05) is 46.8 Å². The summed E-state index contributed by atoms with van der Waals surface area (Å²) >= 11 is 0. The largest absolute Gasteiger partial charge is 0.510 e. The zero-order chi connectivity index (χ0) is 19.3. The third-order valence-corrected chi connectivity index (χ3v) is 5.40. The molecule has 0 aromatic heterocycles. The highest BCUT2D eigenvalue weighted by Gasteiger charge is 2.37. The monoisotopic (exact) mass is 388 g/mol. The second kappa shape index (κ2) is 13.3. The Morgan fingerprint density at radius 3 is 2.33 bits per heavy atom. The predicted molar refractivity (Wildman–Crippen MR) is 99.6 cm³/mol. The van der Waals surface area contributed by atoms with Crippen LogP contribution < -0.4 is 0 Å². The lowest BCUT2D eigenvalue weighted by molar-refractivity contribution is -0.134. The Morgan fingerprint density at radius 2 is 1.56 bits per heavy atom. The Balaban J connectivity index is 1.51. The van der Waals surface area contributed by atoms with E-state index in [4.69, 9.17) is 28.4 Å². The van der Waals surface area contributed by atoms with Crippen LogP contribution in [0.25, 0.3) is 0 Å². The van der Waals surface area contributed by atoms with E-state index in [0.717, 1.165) is 18.8 Å². The van der Waals surface area contributed by atoms with Crippen LogP contribution in [0.15, 0.2) is 0 Å². The van der Waals surface area contributed by atoms with Crippen molar-refractivity contribution in [1.82, 2.24) is 0 Å². The molecule has 0 aromatic rings. The maximum absolute atomic E-state index is 12.1. The van der Waals surface area contributed by atoms with E-state index in [1.165, 1.54) is 32.1 Å². The standard InChI is InChI=1S/C20H36O7/c1-16(25-15-14-24-13-12-23-11-10-22-2)26-20(21)27-19-9-5-7-17-6-3-4-8-18(17)19/h16-19H,3-15H2,1-2H3. The van der Waals surface area contributed by atoms with Crippen LogP contribution in [0.2, 0.25) is 0 Å². The molecular weight excluding hydrogens is 352 g/mol. The lowest BCUT2D eigenvalue weighted by Crippen LogP contribution is -2.38. The summed E-state index contributed by atoms with van der Waals surface area (Å²) in [5.74, 6) is 1.23. The Morgan fingerprint density at radius 1 is 0.889 bits per heavy atom. The summed E-state index contributed by atoms with van der Waals surface area (Å²) in [6.45, 7) is 4.62. The van der Waals surface area contributed by atoms with Gasteiger partial charge in [-0.15, -0.1) is 0 Å². The number of carbonyl (C=O) groups excluding carboxylic acids is 1. The van der Waals surface area contributed by atoms with Crippen molar-refractivity contribution in [2.24, 2.45) is 11.8 Å². The third kappa shape index (κ3) is 8.77. The lowest BCUT2D eigenvalue weighted by atomic mass is 9.69. The van der Waals surface area contributed by atoms with E-state index in [-0.39, 0.29) is 6.10 Å². The van der Waals surface area contributed by atoms with Gasteiger partial charge in [-0.3, -0.25) is 0 Å². The number of ether oxygens (including phenoxy) is 6. The molecule has 158 valence electrons. The maximum Gasteiger partial charge on any atom is 0.510 e. The van der Waals surface area contributed by atoms with Crippen LogP contribution in [0.1, 0.15) is 51.9 Å². The Labute approximate surface area is 163 Å². The van der Waals surface area contributed by atoms with Gasteiger partial charge in [0.05, 0.1) is 39.6 Å². The van der Waals surface area contributed by atoms with Crippen LogP contribution >= 0.6 is 0 Å². The van der Waals surface area contributed by atoms with E-state index in [2.05, 4.69) is 0 Å². The van der Waals surface area contributed by atoms with Gasteiger partial charge in [0, 0.05) is 7.11 Å². The molecule has 0 radical (unpaired) electrons. The van der Waals surface area contributed by atoms with Crippen LogP contribution in [-0.2, 0) is 28.4 Å². The maximum atomic E-state index is 12.1. The van der Waals surface area contributed by atoms with E-state index >= 15 is 0 Å². The Kier molecular flexibility index (Phi) is 11.0. The van der Waals surface area contributed by atoms with Crippen molar-refractivity contribution >= 4 is 6.16 Å². The predicted octanol–water partition coefficient (Wildman–Crippen LogP) is 3.54. The van der Waals surface area contributed by atoms with E-state index in [0.29, 0.717) is 45.6 Å². The van der Waals surface area contributed by atoms with E-state index in [1.807, 2.05) is 0 Å². The van der Waals surface area contributed by atoms with Crippen LogP contribution in [-0.4, -0.2) is 65.3 Å². The van der Waals surface area contributed by atoms with Crippen molar-refractivity contribution < 1.29 is 33.2 Å². The van der Waals surface area contributed by atoms with E-state index in [9.17, 15) is 4.79 Å². The summed E-state index contributed by atoms with van der Waals surface area (Å²) in [5.41, 5.74) is 0. The first-order chi connectivity index (χ1) is 13.2. The molecule has 2 fully saturated rings. The summed E-state index contributed by atoms with van der Waals surface area (Å²) in [5, 5.41) is 0. The van der Waals surface area contributed by atoms with Crippen LogP contribution in [0.3, 0.4) is 0 Å². The quantitative estimate of drug-likeness (QED) is 0.288. The van der Waals surface area contributed by atoms with Crippen LogP contribution in [0.4, 0.5) is 4.79 Å². The molecule has 0 N–H and O–H groups in total. The van der Waals surface area contributed by atoms with Gasteiger partial charge in [-0.1, -0.05) is 19.3 Å². The van der Waals surface area contributed by atoms with Gasteiger partial charge < -0.3 is 28.4 Å². The molecule has 7 nitrogen and oxygen atoms in total. The molecule has 27 heavy (non-hydrogen) atoms. The molecule has 0 amide bonds. The molecule has 0 aromatic carbocycles. The third-order valence-electron chi connectivity index (χ3n) is 5.40. The van der Waals surface area contributed by atoms with Crippen molar-refractivity contribution in [3.05, 3.63) is 0 Å². The number of methoxy groups -OCH3 is 1. The Bertz CT molecular complexity index is 402. The fourth-order valence-electron chi connectivity index (χ4n) is 4.08. The Hall–Kier alpha value is -0.890. The van der Waals surface area contributed by atoms with Crippen molar-refractivity contribution in [3.8, 4) is 0 Å². The molecule has 7 heteroatoms. The molecule has 2 saturated carbocycles. The van der Waals surface area contributed by atoms with Gasteiger partial charge in [-0.2, -0.15) is 0 Å². The molecule has 2 rings (SSSR count). The minimum Gasteiger partial charge on any atom is -0.431 e. The summed E-state index contributed by atoms with van der Waals surface area (Å²) in [6.07, 6.45) is 7.09. The van der Waals surface area contributed by atoms with Gasteiger partial charge in [-0.05, 0) is 44.4 Å². The van der Waals surface area contributed by atoms with Gasteiger partial charge in [0.15, 0.2) is 0 Å². The second-order valence-corrected chi connectivity index (χ2v) is 7.32. The van der Waals surface area contributed by atoms with Crippen molar-refractivity contribution in [2.45, 2.75) is 64.3 Å². The molecule has 0 heterocycles. The van der Waals surface area contributed by atoms with E-state index < -0.39 is 12.4 Å². The number of fused-ring (bicyclic) bond motifs is 1. The number of hydrogen-bond acceptors (Lipinski definition) is 7. The first-order valence-electron chi connectivity index (χ1n) is 10.3. The molecule has 2 aliphatic rings. The summed E-state index contributed by atoms with van der Waals surface area (Å²) in [4.78, 5) is 12.1. The normalized spacial score (nSPS) is 26.2. The highest BCUT2D eigenvalue weighted by atomic mass is 16.8. The fourth-order valence-corrected chi connectivity index (χ4v) is 4.08. The van der Waals surface area contributed by atoms with Gasteiger partial charge in [-0.25, -0.2) is 4.79 Å². The van der Waals surface area contributed by atoms with E-state index in [1.54, 1.807) is 14.0 Å². The molecular formula is C20H36O7. The van der Waals surface area contributed by atoms with Gasteiger partial charge >= 0.3 is 6.16 Å². The first-order valence-corrected chi connectivity index (χ1v) is 10.3. The summed E-state index contributed by atoms with van der Waals surface area (Å²) < 4.78 is 31.9. The van der Waals surface area contributed by atoms with Gasteiger partial charge in [0.1, 0.15) is 6.10 Å². The van der Waals surface area contributed by atoms with Gasteiger partial charge in [0.25, 0.3) is 0 Å². The molecule has 2 aliphatic carbocycles. The van der Waals surface area contributed by atoms with Crippen LogP contribution in [0, 0.1) is 11.8 Å². The zero-order valence-corrected chi connectivity index (χ0v) is 16.9. The number of rotatable bonds is 12. The molecule has 0 spiro atoms. The fraction of sp³-hybridized carbons (Fsp3) is 0.950.